The molecule has 3 N–H and O–H groups in total. The van der Waals surface area contributed by atoms with Crippen molar-refractivity contribution >= 4 is 10.9 Å². The quantitative estimate of drug-likeness (QED) is 0.776. The number of aliphatic hydroxyl groups excluding tert-OH is 1. The van der Waals surface area contributed by atoms with Gasteiger partial charge in [-0.15, -0.1) is 0 Å². The van der Waals surface area contributed by atoms with E-state index >= 15 is 0 Å². The van der Waals surface area contributed by atoms with E-state index in [1.807, 2.05) is 0 Å². The number of benzene rings is 1. The second-order valence-corrected chi connectivity index (χ2v) is 5.58. The van der Waals surface area contributed by atoms with Gasteiger partial charge in [-0.05, 0) is 30.9 Å². The summed E-state index contributed by atoms with van der Waals surface area (Å²) >= 11 is 0. The summed E-state index contributed by atoms with van der Waals surface area (Å²) in [5.74, 6) is 0. The Morgan fingerprint density at radius 2 is 2.30 bits per heavy atom. The fraction of sp³-hybridized carbons (Fsp3) is 0.500. The molecule has 108 valence electrons. The fourth-order valence-electron chi connectivity index (χ4n) is 3.10. The maximum absolute atomic E-state index is 9.71. The highest BCUT2D eigenvalue weighted by Crippen LogP contribution is 2.28. The van der Waals surface area contributed by atoms with Crippen LogP contribution in [0.25, 0.3) is 10.9 Å². The largest absolute Gasteiger partial charge is 0.389 e. The van der Waals surface area contributed by atoms with E-state index in [1.54, 1.807) is 7.11 Å². The number of aliphatic hydroxyl groups is 1. The second-order valence-electron chi connectivity index (χ2n) is 5.58. The number of fused-ring (bicyclic) bond motifs is 3. The predicted octanol–water partition coefficient (Wildman–Crippen LogP) is 1.62. The average Bonchev–Trinajstić information content (AvgIpc) is 2.83. The molecule has 20 heavy (non-hydrogen) atoms. The smallest absolute Gasteiger partial charge is 0.0897 e. The highest BCUT2D eigenvalue weighted by atomic mass is 16.5. The van der Waals surface area contributed by atoms with Crippen molar-refractivity contribution in [2.75, 3.05) is 20.3 Å². The van der Waals surface area contributed by atoms with Gasteiger partial charge in [0.2, 0.25) is 0 Å². The van der Waals surface area contributed by atoms with Crippen LogP contribution in [0.2, 0.25) is 0 Å². The molecule has 0 aliphatic heterocycles. The molecule has 0 spiro atoms. The molecule has 0 amide bonds. The lowest BCUT2D eigenvalue weighted by atomic mass is 9.91. The molecule has 3 rings (SSSR count). The first-order valence-corrected chi connectivity index (χ1v) is 7.26. The summed E-state index contributed by atoms with van der Waals surface area (Å²) in [6, 6.07) is 8.93. The number of hydrogen-bond donors (Lipinski definition) is 3. The highest BCUT2D eigenvalue weighted by Gasteiger charge is 2.22. The number of aromatic amines is 1. The zero-order valence-electron chi connectivity index (χ0n) is 11.9. The molecule has 1 heterocycles. The van der Waals surface area contributed by atoms with Crippen molar-refractivity contribution in [3.8, 4) is 0 Å². The zero-order chi connectivity index (χ0) is 13.9. The average molecular weight is 274 g/mol. The van der Waals surface area contributed by atoms with Gasteiger partial charge in [0, 0.05) is 36.3 Å². The van der Waals surface area contributed by atoms with Crippen molar-refractivity contribution in [2.24, 2.45) is 0 Å². The van der Waals surface area contributed by atoms with Gasteiger partial charge in [0.15, 0.2) is 0 Å². The van der Waals surface area contributed by atoms with Crippen molar-refractivity contribution in [3.63, 3.8) is 0 Å². The molecule has 1 aromatic heterocycles. The second kappa shape index (κ2) is 5.95. The van der Waals surface area contributed by atoms with Crippen LogP contribution in [0.3, 0.4) is 0 Å². The van der Waals surface area contributed by atoms with Crippen LogP contribution in [0.5, 0.6) is 0 Å². The molecule has 2 aromatic rings. The molecule has 1 aliphatic rings. The first-order valence-electron chi connectivity index (χ1n) is 7.26. The minimum Gasteiger partial charge on any atom is -0.389 e. The third-order valence-electron chi connectivity index (χ3n) is 4.10. The number of nitrogens with one attached hydrogen (secondary N) is 2. The summed E-state index contributed by atoms with van der Waals surface area (Å²) in [7, 11) is 1.61. The van der Waals surface area contributed by atoms with E-state index < -0.39 is 6.10 Å². The Kier molecular flexibility index (Phi) is 4.05. The number of hydrogen-bond acceptors (Lipinski definition) is 3. The van der Waals surface area contributed by atoms with Crippen LogP contribution in [0, 0.1) is 0 Å². The number of ether oxygens (including phenoxy) is 1. The maximum atomic E-state index is 9.71. The standard InChI is InChI=1S/C16H22N2O2/c1-20-10-12(19)9-17-11-6-7-16-14(8-11)13-4-2-3-5-15(13)18-16/h2-5,11-12,17-19H,6-10H2,1H3. The van der Waals surface area contributed by atoms with Crippen molar-refractivity contribution in [2.45, 2.75) is 31.4 Å². The van der Waals surface area contributed by atoms with E-state index in [4.69, 9.17) is 4.74 Å². The van der Waals surface area contributed by atoms with Crippen LogP contribution in [0.4, 0.5) is 0 Å². The lowest BCUT2D eigenvalue weighted by Crippen LogP contribution is -2.40. The van der Waals surface area contributed by atoms with E-state index in [0.717, 1.165) is 19.3 Å². The molecule has 0 bridgehead atoms. The van der Waals surface area contributed by atoms with Crippen LogP contribution in [-0.4, -0.2) is 42.5 Å². The van der Waals surface area contributed by atoms with Crippen LogP contribution in [-0.2, 0) is 17.6 Å². The molecule has 4 heteroatoms. The SMILES string of the molecule is COCC(O)CNC1CCc2[nH]c3ccccc3c2C1. The van der Waals surface area contributed by atoms with Gasteiger partial charge in [-0.25, -0.2) is 0 Å². The molecule has 2 atom stereocenters. The van der Waals surface area contributed by atoms with Crippen molar-refractivity contribution in [1.82, 2.24) is 10.3 Å². The Labute approximate surface area is 119 Å². The molecular weight excluding hydrogens is 252 g/mol. The van der Waals surface area contributed by atoms with Crippen molar-refractivity contribution < 1.29 is 9.84 Å². The number of para-hydroxylation sites is 1. The predicted molar refractivity (Wildman–Crippen MR) is 80.0 cm³/mol. The highest BCUT2D eigenvalue weighted by molar-refractivity contribution is 5.84. The van der Waals surface area contributed by atoms with Gasteiger partial charge in [0.25, 0.3) is 0 Å². The van der Waals surface area contributed by atoms with E-state index in [-0.39, 0.29) is 0 Å². The molecule has 0 fully saturated rings. The number of methoxy groups -OCH3 is 1. The van der Waals surface area contributed by atoms with Crippen LogP contribution in [0.1, 0.15) is 17.7 Å². The van der Waals surface area contributed by atoms with Crippen LogP contribution < -0.4 is 5.32 Å². The molecule has 1 aromatic carbocycles. The lowest BCUT2D eigenvalue weighted by molar-refractivity contribution is 0.0624. The van der Waals surface area contributed by atoms with Gasteiger partial charge >= 0.3 is 0 Å². The van der Waals surface area contributed by atoms with Gasteiger partial charge in [-0.2, -0.15) is 0 Å². The Balaban J connectivity index is 1.68. The molecule has 0 radical (unpaired) electrons. The summed E-state index contributed by atoms with van der Waals surface area (Å²) < 4.78 is 4.95. The maximum Gasteiger partial charge on any atom is 0.0897 e. The number of H-pyrrole nitrogens is 1. The van der Waals surface area contributed by atoms with E-state index in [2.05, 4.69) is 34.6 Å². The number of aromatic nitrogens is 1. The fourth-order valence-corrected chi connectivity index (χ4v) is 3.10. The Morgan fingerprint density at radius 1 is 1.45 bits per heavy atom. The topological polar surface area (TPSA) is 57.3 Å². The summed E-state index contributed by atoms with van der Waals surface area (Å²) in [5, 5.41) is 14.5. The molecule has 0 saturated heterocycles. The Bertz CT molecular complexity index is 579. The van der Waals surface area contributed by atoms with E-state index in [1.165, 1.54) is 22.2 Å². The summed E-state index contributed by atoms with van der Waals surface area (Å²) in [4.78, 5) is 3.52. The zero-order valence-corrected chi connectivity index (χ0v) is 11.9. The minimum atomic E-state index is -0.427. The normalized spacial score (nSPS) is 20.0. The van der Waals surface area contributed by atoms with Crippen molar-refractivity contribution in [3.05, 3.63) is 35.5 Å². The summed E-state index contributed by atoms with van der Waals surface area (Å²) in [6.07, 6.45) is 2.78. The first-order chi connectivity index (χ1) is 9.78. The van der Waals surface area contributed by atoms with E-state index in [9.17, 15) is 5.11 Å². The van der Waals surface area contributed by atoms with Crippen LogP contribution in [0.15, 0.2) is 24.3 Å². The number of aryl methyl sites for hydroxylation is 1. The number of rotatable bonds is 5. The van der Waals surface area contributed by atoms with E-state index in [0.29, 0.717) is 19.2 Å². The Morgan fingerprint density at radius 3 is 3.15 bits per heavy atom. The molecule has 4 nitrogen and oxygen atoms in total. The molecule has 2 unspecified atom stereocenters. The summed E-state index contributed by atoms with van der Waals surface area (Å²) in [6.45, 7) is 0.980. The Hall–Kier alpha value is -1.36. The van der Waals surface area contributed by atoms with Crippen LogP contribution >= 0.6 is 0 Å². The first kappa shape index (κ1) is 13.6. The van der Waals surface area contributed by atoms with Gasteiger partial charge < -0.3 is 20.1 Å². The van der Waals surface area contributed by atoms with Gasteiger partial charge in [0.1, 0.15) is 0 Å². The third kappa shape index (κ3) is 2.73. The van der Waals surface area contributed by atoms with Gasteiger partial charge in [0.05, 0.1) is 12.7 Å². The molecule has 0 saturated carbocycles. The van der Waals surface area contributed by atoms with Gasteiger partial charge in [-0.3, -0.25) is 0 Å². The van der Waals surface area contributed by atoms with Crippen molar-refractivity contribution in [1.29, 1.82) is 0 Å². The molecular formula is C16H22N2O2. The van der Waals surface area contributed by atoms with Gasteiger partial charge in [-0.1, -0.05) is 18.2 Å². The minimum absolute atomic E-state index is 0.387. The lowest BCUT2D eigenvalue weighted by Gasteiger charge is -2.25. The monoisotopic (exact) mass is 274 g/mol. The third-order valence-corrected chi connectivity index (χ3v) is 4.10. The molecule has 1 aliphatic carbocycles. The summed E-state index contributed by atoms with van der Waals surface area (Å²) in [5.41, 5.74) is 4.05.